The summed E-state index contributed by atoms with van der Waals surface area (Å²) in [7, 11) is 0. The van der Waals surface area contributed by atoms with Crippen LogP contribution in [0.15, 0.2) is 72.8 Å². The molecule has 0 aromatic heterocycles. The summed E-state index contributed by atoms with van der Waals surface area (Å²) < 4.78 is 10.6. The number of amidine groups is 1. The minimum absolute atomic E-state index is 0.0680. The number of fused-ring (bicyclic) bond motifs is 3. The smallest absolute Gasteiger partial charge is 0.413 e. The summed E-state index contributed by atoms with van der Waals surface area (Å²) in [5, 5.41) is 13.3. The number of ether oxygens (including phenoxy) is 2. The lowest BCUT2D eigenvalue weighted by molar-refractivity contribution is 0.0563. The second-order valence-electron chi connectivity index (χ2n) is 9.38. The van der Waals surface area contributed by atoms with E-state index in [4.69, 9.17) is 14.9 Å². The van der Waals surface area contributed by atoms with Gasteiger partial charge in [-0.3, -0.25) is 10.7 Å². The van der Waals surface area contributed by atoms with Crippen molar-refractivity contribution in [3.8, 4) is 11.1 Å². The van der Waals surface area contributed by atoms with Crippen LogP contribution in [0.4, 0.5) is 9.59 Å². The first-order valence-corrected chi connectivity index (χ1v) is 11.5. The molecule has 35 heavy (non-hydrogen) atoms. The summed E-state index contributed by atoms with van der Waals surface area (Å²) in [6.07, 6.45) is -1.17. The van der Waals surface area contributed by atoms with Crippen molar-refractivity contribution in [3.63, 3.8) is 0 Å². The molecule has 0 spiro atoms. The molecular weight excluding hydrogens is 442 g/mol. The van der Waals surface area contributed by atoms with E-state index in [0.29, 0.717) is 12.1 Å². The molecule has 7 nitrogen and oxygen atoms in total. The number of hydrogen-bond donors (Lipinski definition) is 3. The lowest BCUT2D eigenvalue weighted by Crippen LogP contribution is -2.36. The van der Waals surface area contributed by atoms with Gasteiger partial charge in [-0.15, -0.1) is 0 Å². The van der Waals surface area contributed by atoms with Crippen LogP contribution in [-0.4, -0.2) is 30.2 Å². The molecule has 1 aliphatic carbocycles. The molecule has 4 rings (SSSR count). The number of carbonyl (C=O) groups excluding carboxylic acids is 2. The van der Waals surface area contributed by atoms with Crippen molar-refractivity contribution in [1.82, 2.24) is 10.6 Å². The first kappa shape index (κ1) is 24.0. The van der Waals surface area contributed by atoms with Crippen molar-refractivity contribution in [2.75, 3.05) is 6.54 Å². The third-order valence-electron chi connectivity index (χ3n) is 5.65. The Kier molecular flexibility index (Phi) is 6.87. The van der Waals surface area contributed by atoms with Crippen LogP contribution in [0.2, 0.25) is 0 Å². The van der Waals surface area contributed by atoms with Gasteiger partial charge in [-0.05, 0) is 48.6 Å². The van der Waals surface area contributed by atoms with Crippen molar-refractivity contribution in [1.29, 1.82) is 5.41 Å². The number of amides is 2. The van der Waals surface area contributed by atoms with Crippen LogP contribution in [-0.2, 0) is 16.1 Å². The Morgan fingerprint density at radius 3 is 2.00 bits per heavy atom. The first-order chi connectivity index (χ1) is 16.7. The van der Waals surface area contributed by atoms with Crippen LogP contribution in [0, 0.1) is 5.41 Å². The lowest BCUT2D eigenvalue weighted by atomic mass is 9.97. The van der Waals surface area contributed by atoms with Crippen molar-refractivity contribution >= 4 is 18.0 Å². The zero-order chi connectivity index (χ0) is 25.0. The fraction of sp³-hybridized carbons (Fsp3) is 0.250. The van der Waals surface area contributed by atoms with Crippen LogP contribution in [0.3, 0.4) is 0 Å². The van der Waals surface area contributed by atoms with Crippen LogP contribution in [0.1, 0.15) is 48.9 Å². The molecule has 0 atom stereocenters. The molecule has 0 saturated carbocycles. The van der Waals surface area contributed by atoms with E-state index in [-0.39, 0.29) is 18.4 Å². The zero-order valence-electron chi connectivity index (χ0n) is 20.1. The average Bonchev–Trinajstić information content (AvgIpc) is 3.14. The van der Waals surface area contributed by atoms with E-state index in [1.807, 2.05) is 24.3 Å². The summed E-state index contributed by atoms with van der Waals surface area (Å²) in [6, 6.07) is 23.4. The molecule has 0 fully saturated rings. The van der Waals surface area contributed by atoms with Gasteiger partial charge in [-0.1, -0.05) is 72.8 Å². The van der Waals surface area contributed by atoms with Gasteiger partial charge in [-0.25, -0.2) is 9.59 Å². The molecule has 0 aliphatic heterocycles. The normalized spacial score (nSPS) is 12.3. The Hall–Kier alpha value is -4.13. The fourth-order valence-electron chi connectivity index (χ4n) is 4.11. The molecule has 180 valence electrons. The molecule has 3 N–H and O–H groups in total. The molecule has 0 saturated heterocycles. The lowest BCUT2D eigenvalue weighted by Gasteiger charge is -2.19. The largest absolute Gasteiger partial charge is 0.445 e. The number of alkyl carbamates (subject to hydrolysis) is 2. The Bertz CT molecular complexity index is 1200. The summed E-state index contributed by atoms with van der Waals surface area (Å²) in [4.78, 5) is 24.2. The average molecular weight is 472 g/mol. The van der Waals surface area contributed by atoms with Gasteiger partial charge in [0.15, 0.2) is 0 Å². The Labute approximate surface area is 205 Å². The van der Waals surface area contributed by atoms with E-state index in [2.05, 4.69) is 34.9 Å². The molecular formula is C28H29N3O4. The number of hydrogen-bond acceptors (Lipinski definition) is 5. The van der Waals surface area contributed by atoms with Gasteiger partial charge >= 0.3 is 12.2 Å². The van der Waals surface area contributed by atoms with Gasteiger partial charge in [0.05, 0.1) is 0 Å². The molecule has 3 aromatic rings. The van der Waals surface area contributed by atoms with E-state index in [1.165, 1.54) is 22.3 Å². The number of benzene rings is 3. The van der Waals surface area contributed by atoms with Crippen LogP contribution in [0.5, 0.6) is 0 Å². The quantitative estimate of drug-likeness (QED) is 0.334. The van der Waals surface area contributed by atoms with Gasteiger partial charge in [0.25, 0.3) is 0 Å². The van der Waals surface area contributed by atoms with E-state index in [1.54, 1.807) is 45.0 Å². The van der Waals surface area contributed by atoms with Crippen molar-refractivity contribution in [2.24, 2.45) is 0 Å². The van der Waals surface area contributed by atoms with E-state index in [0.717, 1.165) is 5.56 Å². The topological polar surface area (TPSA) is 101 Å². The third kappa shape index (κ3) is 5.87. The van der Waals surface area contributed by atoms with Gasteiger partial charge in [-0.2, -0.15) is 0 Å². The maximum Gasteiger partial charge on any atom is 0.413 e. The number of carbonyl (C=O) groups is 2. The molecule has 7 heteroatoms. The Balaban J connectivity index is 1.28. The van der Waals surface area contributed by atoms with Crippen LogP contribution >= 0.6 is 0 Å². The molecule has 0 radical (unpaired) electrons. The zero-order valence-corrected chi connectivity index (χ0v) is 20.1. The second-order valence-corrected chi connectivity index (χ2v) is 9.38. The summed E-state index contributed by atoms with van der Waals surface area (Å²) in [6.45, 7) is 5.81. The predicted octanol–water partition coefficient (Wildman–Crippen LogP) is 5.58. The SMILES string of the molecule is CC(C)(C)OC(=O)NC(=N)c1ccc(COC(=O)NCC2c3ccccc3-c3ccccc32)cc1. The van der Waals surface area contributed by atoms with Crippen LogP contribution in [0.25, 0.3) is 11.1 Å². The minimum atomic E-state index is -0.681. The van der Waals surface area contributed by atoms with Crippen molar-refractivity contribution < 1.29 is 19.1 Å². The summed E-state index contributed by atoms with van der Waals surface area (Å²) in [5.41, 5.74) is 5.45. The van der Waals surface area contributed by atoms with Gasteiger partial charge in [0.2, 0.25) is 0 Å². The maximum absolute atomic E-state index is 12.4. The highest BCUT2D eigenvalue weighted by Crippen LogP contribution is 2.44. The van der Waals surface area contributed by atoms with E-state index in [9.17, 15) is 9.59 Å². The fourth-order valence-corrected chi connectivity index (χ4v) is 4.11. The van der Waals surface area contributed by atoms with Crippen molar-refractivity contribution in [2.45, 2.75) is 38.9 Å². The highest BCUT2D eigenvalue weighted by atomic mass is 16.6. The minimum Gasteiger partial charge on any atom is -0.445 e. The van der Waals surface area contributed by atoms with Gasteiger partial charge < -0.3 is 14.8 Å². The number of nitrogens with one attached hydrogen (secondary N) is 3. The monoisotopic (exact) mass is 471 g/mol. The standard InChI is InChI=1S/C28H29N3O4/c1-28(2,3)35-27(33)31-25(29)19-14-12-18(13-15-19)17-34-26(32)30-16-24-22-10-6-4-8-20(22)21-9-5-7-11-23(21)24/h4-15,24H,16-17H2,1-3H3,(H,30,32)(H2,29,31,33). The highest BCUT2D eigenvalue weighted by Gasteiger charge is 2.28. The second kappa shape index (κ2) is 10.0. The first-order valence-electron chi connectivity index (χ1n) is 11.5. The molecule has 2 amide bonds. The summed E-state index contributed by atoms with van der Waals surface area (Å²) >= 11 is 0. The van der Waals surface area contributed by atoms with Gasteiger partial charge in [0.1, 0.15) is 18.0 Å². The van der Waals surface area contributed by atoms with E-state index < -0.39 is 17.8 Å². The highest BCUT2D eigenvalue weighted by molar-refractivity contribution is 6.04. The Morgan fingerprint density at radius 1 is 0.857 bits per heavy atom. The van der Waals surface area contributed by atoms with Gasteiger partial charge in [0, 0.05) is 18.0 Å². The van der Waals surface area contributed by atoms with E-state index >= 15 is 0 Å². The molecule has 0 bridgehead atoms. The molecule has 1 aliphatic rings. The molecule has 0 unspecified atom stereocenters. The molecule has 0 heterocycles. The number of rotatable bonds is 5. The molecule has 3 aromatic carbocycles. The predicted molar refractivity (Wildman–Crippen MR) is 135 cm³/mol. The summed E-state index contributed by atoms with van der Waals surface area (Å²) in [5.74, 6) is 0.0132. The Morgan fingerprint density at radius 2 is 1.43 bits per heavy atom. The maximum atomic E-state index is 12.4. The van der Waals surface area contributed by atoms with Crippen molar-refractivity contribution in [3.05, 3.63) is 95.1 Å². The third-order valence-corrected chi connectivity index (χ3v) is 5.65. The van der Waals surface area contributed by atoms with Crippen LogP contribution < -0.4 is 10.6 Å².